The number of hydrogen-bond acceptors (Lipinski definition) is 3. The molecule has 0 aromatic heterocycles. The monoisotopic (exact) mass is 283 g/mol. The number of nitrogens with zero attached hydrogens (tertiary/aromatic N) is 1. The van der Waals surface area contributed by atoms with Crippen LogP contribution in [0.15, 0.2) is 0 Å². The SMILES string of the molecule is CC(CCCC(F)(F)F)N1CCOC(CC(=O)O)C1. The Labute approximate surface area is 110 Å². The minimum atomic E-state index is -4.10. The van der Waals surface area contributed by atoms with Crippen LogP contribution in [0.5, 0.6) is 0 Å². The lowest BCUT2D eigenvalue weighted by molar-refractivity contribution is -0.143. The maximum atomic E-state index is 12.1. The Morgan fingerprint density at radius 1 is 1.53 bits per heavy atom. The van der Waals surface area contributed by atoms with E-state index >= 15 is 0 Å². The first-order chi connectivity index (χ1) is 8.78. The minimum Gasteiger partial charge on any atom is -0.481 e. The summed E-state index contributed by atoms with van der Waals surface area (Å²) in [5, 5.41) is 8.70. The van der Waals surface area contributed by atoms with Gasteiger partial charge in [0.25, 0.3) is 0 Å². The summed E-state index contributed by atoms with van der Waals surface area (Å²) < 4.78 is 41.5. The summed E-state index contributed by atoms with van der Waals surface area (Å²) in [6, 6.07) is 0.0162. The van der Waals surface area contributed by atoms with Crippen molar-refractivity contribution in [3.05, 3.63) is 0 Å². The van der Waals surface area contributed by atoms with E-state index in [-0.39, 0.29) is 25.0 Å². The molecule has 1 aliphatic heterocycles. The molecule has 1 N–H and O–H groups in total. The number of ether oxygens (including phenoxy) is 1. The zero-order valence-electron chi connectivity index (χ0n) is 10.9. The van der Waals surface area contributed by atoms with Crippen LogP contribution in [-0.4, -0.2) is 54.0 Å². The summed E-state index contributed by atoms with van der Waals surface area (Å²) in [7, 11) is 0. The first-order valence-electron chi connectivity index (χ1n) is 6.42. The van der Waals surface area contributed by atoms with Crippen LogP contribution in [0.3, 0.4) is 0 Å². The fraction of sp³-hybridized carbons (Fsp3) is 0.917. The van der Waals surface area contributed by atoms with Crippen LogP contribution in [0, 0.1) is 0 Å². The summed E-state index contributed by atoms with van der Waals surface area (Å²) >= 11 is 0. The zero-order chi connectivity index (χ0) is 14.5. The summed E-state index contributed by atoms with van der Waals surface area (Å²) in [5.41, 5.74) is 0. The van der Waals surface area contributed by atoms with Crippen LogP contribution in [0.4, 0.5) is 13.2 Å². The van der Waals surface area contributed by atoms with Crippen molar-refractivity contribution in [1.82, 2.24) is 4.90 Å². The molecule has 1 saturated heterocycles. The number of aliphatic carboxylic acids is 1. The van der Waals surface area contributed by atoms with Crippen LogP contribution in [0.1, 0.15) is 32.6 Å². The highest BCUT2D eigenvalue weighted by Gasteiger charge is 2.28. The Morgan fingerprint density at radius 2 is 2.21 bits per heavy atom. The fourth-order valence-electron chi connectivity index (χ4n) is 2.24. The molecule has 0 aromatic rings. The topological polar surface area (TPSA) is 49.8 Å². The van der Waals surface area contributed by atoms with Crippen LogP contribution in [0.25, 0.3) is 0 Å². The van der Waals surface area contributed by atoms with Gasteiger partial charge in [-0.3, -0.25) is 9.69 Å². The molecule has 1 rings (SSSR count). The van der Waals surface area contributed by atoms with Gasteiger partial charge in [0.1, 0.15) is 0 Å². The molecule has 1 heterocycles. The van der Waals surface area contributed by atoms with E-state index in [1.807, 2.05) is 11.8 Å². The van der Waals surface area contributed by atoms with E-state index < -0.39 is 18.6 Å². The average Bonchev–Trinajstić information content (AvgIpc) is 2.26. The van der Waals surface area contributed by atoms with Crippen LogP contribution < -0.4 is 0 Å². The van der Waals surface area contributed by atoms with Crippen molar-refractivity contribution in [3.63, 3.8) is 0 Å². The second-order valence-electron chi connectivity index (χ2n) is 4.94. The van der Waals surface area contributed by atoms with Crippen molar-refractivity contribution in [2.24, 2.45) is 0 Å². The molecular weight excluding hydrogens is 263 g/mol. The Bertz CT molecular complexity index is 296. The van der Waals surface area contributed by atoms with Gasteiger partial charge in [0.15, 0.2) is 0 Å². The third-order valence-corrected chi connectivity index (χ3v) is 3.28. The van der Waals surface area contributed by atoms with Gasteiger partial charge in [-0.05, 0) is 19.8 Å². The maximum Gasteiger partial charge on any atom is 0.389 e. The van der Waals surface area contributed by atoms with Gasteiger partial charge in [-0.15, -0.1) is 0 Å². The number of rotatable bonds is 6. The number of carboxylic acids is 1. The van der Waals surface area contributed by atoms with Gasteiger partial charge >= 0.3 is 12.1 Å². The van der Waals surface area contributed by atoms with Crippen LogP contribution in [-0.2, 0) is 9.53 Å². The van der Waals surface area contributed by atoms with Crippen molar-refractivity contribution in [2.45, 2.75) is 50.9 Å². The van der Waals surface area contributed by atoms with Crippen molar-refractivity contribution < 1.29 is 27.8 Å². The summed E-state index contributed by atoms with van der Waals surface area (Å²) in [4.78, 5) is 12.6. The van der Waals surface area contributed by atoms with E-state index in [1.165, 1.54) is 0 Å². The zero-order valence-corrected chi connectivity index (χ0v) is 10.9. The molecule has 0 spiro atoms. The second kappa shape index (κ2) is 7.09. The molecule has 7 heteroatoms. The van der Waals surface area contributed by atoms with Gasteiger partial charge in [0, 0.05) is 25.6 Å². The van der Waals surface area contributed by atoms with Crippen molar-refractivity contribution in [3.8, 4) is 0 Å². The molecule has 19 heavy (non-hydrogen) atoms. The first kappa shape index (κ1) is 16.2. The number of halogens is 3. The van der Waals surface area contributed by atoms with Gasteiger partial charge < -0.3 is 9.84 Å². The van der Waals surface area contributed by atoms with Gasteiger partial charge in [-0.1, -0.05) is 0 Å². The normalized spacial score (nSPS) is 23.3. The van der Waals surface area contributed by atoms with Gasteiger partial charge in [-0.2, -0.15) is 13.2 Å². The predicted molar refractivity (Wildman–Crippen MR) is 62.9 cm³/mol. The Balaban J connectivity index is 2.31. The molecule has 0 radical (unpaired) electrons. The van der Waals surface area contributed by atoms with Crippen LogP contribution >= 0.6 is 0 Å². The van der Waals surface area contributed by atoms with E-state index in [9.17, 15) is 18.0 Å². The number of carbonyl (C=O) groups is 1. The number of alkyl halides is 3. The third-order valence-electron chi connectivity index (χ3n) is 3.28. The van der Waals surface area contributed by atoms with E-state index in [0.29, 0.717) is 26.1 Å². The lowest BCUT2D eigenvalue weighted by Crippen LogP contribution is -2.47. The average molecular weight is 283 g/mol. The minimum absolute atomic E-state index is 0.0162. The van der Waals surface area contributed by atoms with Gasteiger partial charge in [-0.25, -0.2) is 0 Å². The molecule has 2 unspecified atom stereocenters. The lowest BCUT2D eigenvalue weighted by Gasteiger charge is -2.36. The summed E-state index contributed by atoms with van der Waals surface area (Å²) in [6.45, 7) is 3.42. The molecule has 2 atom stereocenters. The second-order valence-corrected chi connectivity index (χ2v) is 4.94. The Morgan fingerprint density at radius 3 is 2.79 bits per heavy atom. The Kier molecular flexibility index (Phi) is 6.06. The van der Waals surface area contributed by atoms with E-state index in [2.05, 4.69) is 0 Å². The molecular formula is C12H20F3NO3. The molecule has 4 nitrogen and oxygen atoms in total. The highest BCUT2D eigenvalue weighted by molar-refractivity contribution is 5.67. The molecule has 1 aliphatic rings. The highest BCUT2D eigenvalue weighted by Crippen LogP contribution is 2.24. The number of morpholine rings is 1. The number of carboxylic acid groups (broad SMARTS) is 1. The molecule has 0 aromatic carbocycles. The molecule has 0 amide bonds. The quantitative estimate of drug-likeness (QED) is 0.812. The molecule has 0 aliphatic carbocycles. The fourth-order valence-corrected chi connectivity index (χ4v) is 2.24. The van der Waals surface area contributed by atoms with Crippen LogP contribution in [0.2, 0.25) is 0 Å². The largest absolute Gasteiger partial charge is 0.481 e. The van der Waals surface area contributed by atoms with Gasteiger partial charge in [0.2, 0.25) is 0 Å². The van der Waals surface area contributed by atoms with Crippen molar-refractivity contribution in [1.29, 1.82) is 0 Å². The molecule has 0 bridgehead atoms. The maximum absolute atomic E-state index is 12.1. The highest BCUT2D eigenvalue weighted by atomic mass is 19.4. The number of hydrogen-bond donors (Lipinski definition) is 1. The van der Waals surface area contributed by atoms with E-state index in [1.54, 1.807) is 0 Å². The van der Waals surface area contributed by atoms with Crippen molar-refractivity contribution in [2.75, 3.05) is 19.7 Å². The molecule has 112 valence electrons. The molecule has 0 saturated carbocycles. The summed E-state index contributed by atoms with van der Waals surface area (Å²) in [5.74, 6) is -0.920. The standard InChI is InChI=1S/C12H20F3NO3/c1-9(3-2-4-12(13,14)15)16-5-6-19-10(8-16)7-11(17)18/h9-10H,2-8H2,1H3,(H,17,18). The predicted octanol–water partition coefficient (Wildman–Crippen LogP) is 2.28. The van der Waals surface area contributed by atoms with E-state index in [0.717, 1.165) is 0 Å². The van der Waals surface area contributed by atoms with E-state index in [4.69, 9.17) is 9.84 Å². The third kappa shape index (κ3) is 6.77. The van der Waals surface area contributed by atoms with Crippen molar-refractivity contribution >= 4 is 5.97 Å². The smallest absolute Gasteiger partial charge is 0.389 e. The molecule has 1 fully saturated rings. The first-order valence-corrected chi connectivity index (χ1v) is 6.42. The Hall–Kier alpha value is -0.820. The van der Waals surface area contributed by atoms with Gasteiger partial charge in [0.05, 0.1) is 19.1 Å². The lowest BCUT2D eigenvalue weighted by atomic mass is 10.1. The summed E-state index contributed by atoms with van der Waals surface area (Å²) in [6.07, 6.45) is -4.73.